The average Bonchev–Trinajstić information content (AvgIpc) is 2.62. The van der Waals surface area contributed by atoms with Crippen LogP contribution in [0.15, 0.2) is 63.9 Å². The fraction of sp³-hybridized carbons (Fsp3) is 0.278. The third-order valence-corrected chi connectivity index (χ3v) is 5.15. The van der Waals surface area contributed by atoms with Crippen molar-refractivity contribution in [2.75, 3.05) is 26.3 Å². The number of aryl methyl sites for hydroxylation is 1. The van der Waals surface area contributed by atoms with Crippen molar-refractivity contribution in [2.24, 2.45) is 4.40 Å². The molecule has 2 aromatic carbocycles. The fourth-order valence-electron chi connectivity index (χ4n) is 2.53. The second-order valence-corrected chi connectivity index (χ2v) is 7.27. The molecule has 6 heteroatoms. The van der Waals surface area contributed by atoms with Gasteiger partial charge in [-0.05, 0) is 19.1 Å². The van der Waals surface area contributed by atoms with Crippen LogP contribution in [0, 0.1) is 6.92 Å². The summed E-state index contributed by atoms with van der Waals surface area (Å²) >= 11 is 0. The number of rotatable bonds is 3. The minimum absolute atomic E-state index is 0.204. The van der Waals surface area contributed by atoms with Crippen LogP contribution >= 0.6 is 0 Å². The Morgan fingerprint density at radius 3 is 2.25 bits per heavy atom. The molecule has 0 spiro atoms. The van der Waals surface area contributed by atoms with E-state index in [2.05, 4.69) is 4.40 Å². The van der Waals surface area contributed by atoms with Crippen LogP contribution in [0.3, 0.4) is 0 Å². The molecule has 1 saturated heterocycles. The van der Waals surface area contributed by atoms with Crippen molar-refractivity contribution in [3.8, 4) is 0 Å². The van der Waals surface area contributed by atoms with Gasteiger partial charge in [-0.2, -0.15) is 8.42 Å². The van der Waals surface area contributed by atoms with E-state index in [0.717, 1.165) is 11.1 Å². The van der Waals surface area contributed by atoms with Gasteiger partial charge in [0, 0.05) is 18.7 Å². The molecule has 126 valence electrons. The van der Waals surface area contributed by atoms with Crippen molar-refractivity contribution in [1.29, 1.82) is 0 Å². The fourth-order valence-corrected chi connectivity index (χ4v) is 3.57. The van der Waals surface area contributed by atoms with Crippen LogP contribution in [0.4, 0.5) is 0 Å². The maximum atomic E-state index is 12.7. The average molecular weight is 344 g/mol. The van der Waals surface area contributed by atoms with Gasteiger partial charge in [0.05, 0.1) is 18.1 Å². The molecule has 0 amide bonds. The van der Waals surface area contributed by atoms with Gasteiger partial charge in [0.2, 0.25) is 0 Å². The van der Waals surface area contributed by atoms with Crippen molar-refractivity contribution < 1.29 is 13.2 Å². The van der Waals surface area contributed by atoms with Gasteiger partial charge in [-0.15, -0.1) is 4.40 Å². The summed E-state index contributed by atoms with van der Waals surface area (Å²) in [5, 5.41) is 0. The summed E-state index contributed by atoms with van der Waals surface area (Å²) in [5.74, 6) is 0.472. The van der Waals surface area contributed by atoms with Gasteiger partial charge >= 0.3 is 0 Å². The predicted molar refractivity (Wildman–Crippen MR) is 93.7 cm³/mol. The second kappa shape index (κ2) is 7.15. The molecule has 0 bridgehead atoms. The number of ether oxygens (including phenoxy) is 1. The first kappa shape index (κ1) is 16.7. The maximum absolute atomic E-state index is 12.7. The number of morpholine rings is 1. The number of sulfonamides is 1. The molecule has 0 aromatic heterocycles. The molecule has 1 heterocycles. The Balaban J connectivity index is 2.03. The summed E-state index contributed by atoms with van der Waals surface area (Å²) in [6.07, 6.45) is 0. The molecular weight excluding hydrogens is 324 g/mol. The van der Waals surface area contributed by atoms with Gasteiger partial charge in [-0.1, -0.05) is 48.0 Å². The van der Waals surface area contributed by atoms with E-state index >= 15 is 0 Å². The highest BCUT2D eigenvalue weighted by Crippen LogP contribution is 2.17. The summed E-state index contributed by atoms with van der Waals surface area (Å²) in [6.45, 7) is 4.30. The molecule has 2 aromatic rings. The molecule has 1 aliphatic rings. The Labute approximate surface area is 142 Å². The van der Waals surface area contributed by atoms with Gasteiger partial charge in [0.1, 0.15) is 5.84 Å². The van der Waals surface area contributed by atoms with Crippen LogP contribution in [0.2, 0.25) is 0 Å². The van der Waals surface area contributed by atoms with Crippen molar-refractivity contribution >= 4 is 15.9 Å². The lowest BCUT2D eigenvalue weighted by Gasteiger charge is -2.29. The Kier molecular flexibility index (Phi) is 4.97. The number of amidine groups is 1. The normalized spacial score (nSPS) is 16.2. The van der Waals surface area contributed by atoms with Crippen LogP contribution < -0.4 is 0 Å². The lowest BCUT2D eigenvalue weighted by Crippen LogP contribution is -2.41. The number of nitrogens with zero attached hydrogens (tertiary/aromatic N) is 2. The zero-order valence-corrected chi connectivity index (χ0v) is 14.4. The van der Waals surface area contributed by atoms with Crippen molar-refractivity contribution in [3.05, 3.63) is 65.7 Å². The van der Waals surface area contributed by atoms with Crippen molar-refractivity contribution in [2.45, 2.75) is 11.8 Å². The van der Waals surface area contributed by atoms with Gasteiger partial charge in [-0.3, -0.25) is 0 Å². The second-order valence-electron chi connectivity index (χ2n) is 5.67. The Bertz CT molecular complexity index is 809. The van der Waals surface area contributed by atoms with Crippen molar-refractivity contribution in [3.63, 3.8) is 0 Å². The predicted octanol–water partition coefficient (Wildman–Crippen LogP) is 2.46. The highest BCUT2D eigenvalue weighted by molar-refractivity contribution is 7.90. The molecule has 0 unspecified atom stereocenters. The zero-order valence-electron chi connectivity index (χ0n) is 13.6. The molecule has 0 radical (unpaired) electrons. The highest BCUT2D eigenvalue weighted by atomic mass is 32.2. The molecule has 24 heavy (non-hydrogen) atoms. The third-order valence-electron chi connectivity index (χ3n) is 3.87. The molecule has 0 N–H and O–H groups in total. The highest BCUT2D eigenvalue weighted by Gasteiger charge is 2.21. The van der Waals surface area contributed by atoms with E-state index in [1.165, 1.54) is 0 Å². The van der Waals surface area contributed by atoms with Crippen LogP contribution in [0.1, 0.15) is 11.1 Å². The van der Waals surface area contributed by atoms with E-state index in [1.54, 1.807) is 24.3 Å². The molecule has 0 saturated carbocycles. The van der Waals surface area contributed by atoms with Gasteiger partial charge in [0.25, 0.3) is 10.0 Å². The molecular formula is C18H20N2O3S. The van der Waals surface area contributed by atoms with Gasteiger partial charge in [0.15, 0.2) is 0 Å². The van der Waals surface area contributed by atoms with E-state index in [4.69, 9.17) is 4.74 Å². The smallest absolute Gasteiger partial charge is 0.284 e. The molecule has 0 atom stereocenters. The molecule has 5 nitrogen and oxygen atoms in total. The van der Waals surface area contributed by atoms with Crippen LogP contribution in [-0.4, -0.2) is 45.5 Å². The summed E-state index contributed by atoms with van der Waals surface area (Å²) in [4.78, 5) is 2.17. The topological polar surface area (TPSA) is 59.0 Å². The Morgan fingerprint density at radius 2 is 1.62 bits per heavy atom. The molecule has 0 aliphatic carbocycles. The lowest BCUT2D eigenvalue weighted by atomic mass is 10.2. The number of hydrogen-bond donors (Lipinski definition) is 0. The molecule has 1 fully saturated rings. The first-order valence-corrected chi connectivity index (χ1v) is 9.30. The SMILES string of the molecule is Cc1ccc(S(=O)(=O)/N=C(\c2ccccc2)N2CCOCC2)cc1. The van der Waals surface area contributed by atoms with Crippen LogP contribution in [-0.2, 0) is 14.8 Å². The standard InChI is InChI=1S/C18H20N2O3S/c1-15-7-9-17(10-8-15)24(21,22)19-18(16-5-3-2-4-6-16)20-11-13-23-14-12-20/h2-10H,11-14H2,1H3/b19-18+. The van der Waals surface area contributed by atoms with E-state index in [-0.39, 0.29) is 4.90 Å². The van der Waals surface area contributed by atoms with E-state index in [1.807, 2.05) is 42.2 Å². The van der Waals surface area contributed by atoms with E-state index in [0.29, 0.717) is 32.1 Å². The minimum Gasteiger partial charge on any atom is -0.378 e. The maximum Gasteiger partial charge on any atom is 0.284 e. The molecule has 1 aliphatic heterocycles. The summed E-state index contributed by atoms with van der Waals surface area (Å²) in [6, 6.07) is 16.1. The first-order chi connectivity index (χ1) is 11.6. The monoisotopic (exact) mass is 344 g/mol. The summed E-state index contributed by atoms with van der Waals surface area (Å²) in [5.41, 5.74) is 1.80. The lowest BCUT2D eigenvalue weighted by molar-refractivity contribution is 0.0683. The van der Waals surface area contributed by atoms with Crippen LogP contribution in [0.25, 0.3) is 0 Å². The first-order valence-electron chi connectivity index (χ1n) is 7.86. The van der Waals surface area contributed by atoms with Gasteiger partial charge in [-0.25, -0.2) is 0 Å². The van der Waals surface area contributed by atoms with Gasteiger partial charge < -0.3 is 9.64 Å². The largest absolute Gasteiger partial charge is 0.378 e. The molecule has 3 rings (SSSR count). The number of hydrogen-bond acceptors (Lipinski definition) is 3. The third kappa shape index (κ3) is 3.83. The summed E-state index contributed by atoms with van der Waals surface area (Å²) < 4.78 is 35.0. The number of benzene rings is 2. The quantitative estimate of drug-likeness (QED) is 0.634. The minimum atomic E-state index is -3.77. The van der Waals surface area contributed by atoms with Crippen LogP contribution in [0.5, 0.6) is 0 Å². The Morgan fingerprint density at radius 1 is 1.00 bits per heavy atom. The van der Waals surface area contributed by atoms with E-state index < -0.39 is 10.0 Å². The Hall–Kier alpha value is -2.18. The zero-order chi connectivity index (χ0) is 17.0. The van der Waals surface area contributed by atoms with Crippen molar-refractivity contribution in [1.82, 2.24) is 4.90 Å². The van der Waals surface area contributed by atoms with E-state index in [9.17, 15) is 8.42 Å². The summed E-state index contributed by atoms with van der Waals surface area (Å²) in [7, 11) is -3.77.